The summed E-state index contributed by atoms with van der Waals surface area (Å²) in [5.74, 6) is 0.551. The van der Waals surface area contributed by atoms with Gasteiger partial charge in [0.2, 0.25) is 5.95 Å². The number of piperidine rings is 2. The standard InChI is InChI=1S/C24H27FN6OS/c1-31(18-11-16-4-3-5-17(12-18)27-16)22-13-26-24(30-29-22)19-7-6-14(8-20(19)32)15-9-21(25)28-23(10-15)33-2/h6-10,13,16-18,27,32H,3-5,11-12H2,1-2H3/t16-,17+,18?. The van der Waals surface area contributed by atoms with Gasteiger partial charge < -0.3 is 15.3 Å². The number of nitrogens with zero attached hydrogens (tertiary/aromatic N) is 5. The lowest BCUT2D eigenvalue weighted by atomic mass is 9.83. The number of phenolic OH excluding ortho intramolecular Hbond substituents is 1. The van der Waals surface area contributed by atoms with E-state index in [0.29, 0.717) is 45.7 Å². The maximum absolute atomic E-state index is 13.8. The van der Waals surface area contributed by atoms with Crippen molar-refractivity contribution in [2.24, 2.45) is 0 Å². The molecule has 9 heteroatoms. The third-order valence-electron chi connectivity index (χ3n) is 6.70. The Balaban J connectivity index is 1.34. The van der Waals surface area contributed by atoms with Crippen LogP contribution in [0.25, 0.3) is 22.5 Å². The number of hydrogen-bond acceptors (Lipinski definition) is 8. The minimum absolute atomic E-state index is 0.0181. The highest BCUT2D eigenvalue weighted by atomic mass is 32.2. The number of phenols is 1. The smallest absolute Gasteiger partial charge is 0.214 e. The number of fused-ring (bicyclic) bond motifs is 2. The van der Waals surface area contributed by atoms with E-state index >= 15 is 0 Å². The molecule has 0 amide bonds. The fourth-order valence-corrected chi connectivity index (χ4v) is 5.36. The van der Waals surface area contributed by atoms with Gasteiger partial charge in [0.05, 0.1) is 16.8 Å². The van der Waals surface area contributed by atoms with Gasteiger partial charge in [-0.3, -0.25) is 0 Å². The van der Waals surface area contributed by atoms with Gasteiger partial charge >= 0.3 is 0 Å². The van der Waals surface area contributed by atoms with E-state index in [1.807, 2.05) is 12.3 Å². The Morgan fingerprint density at radius 2 is 1.88 bits per heavy atom. The molecule has 2 saturated heterocycles. The molecule has 0 aliphatic carbocycles. The number of hydrogen-bond donors (Lipinski definition) is 2. The molecule has 3 aromatic rings. The monoisotopic (exact) mass is 466 g/mol. The number of benzene rings is 1. The summed E-state index contributed by atoms with van der Waals surface area (Å²) in [5.41, 5.74) is 1.82. The molecule has 0 radical (unpaired) electrons. The van der Waals surface area contributed by atoms with Crippen molar-refractivity contribution in [1.29, 1.82) is 0 Å². The van der Waals surface area contributed by atoms with E-state index in [1.54, 1.807) is 24.4 Å². The fraction of sp³-hybridized carbons (Fsp3) is 0.417. The van der Waals surface area contributed by atoms with Gasteiger partial charge in [-0.15, -0.1) is 22.0 Å². The zero-order valence-electron chi connectivity index (χ0n) is 18.7. The number of anilines is 1. The van der Waals surface area contributed by atoms with Gasteiger partial charge in [0.25, 0.3) is 0 Å². The van der Waals surface area contributed by atoms with Crippen molar-refractivity contribution in [3.8, 4) is 28.3 Å². The summed E-state index contributed by atoms with van der Waals surface area (Å²) < 4.78 is 13.8. The van der Waals surface area contributed by atoms with E-state index in [4.69, 9.17) is 0 Å². The summed E-state index contributed by atoms with van der Waals surface area (Å²) in [6.45, 7) is 0. The molecule has 2 bridgehead atoms. The molecule has 1 unspecified atom stereocenters. The maximum atomic E-state index is 13.8. The molecular weight excluding hydrogens is 439 g/mol. The summed E-state index contributed by atoms with van der Waals surface area (Å²) in [6, 6.07) is 9.87. The van der Waals surface area contributed by atoms with Crippen molar-refractivity contribution in [3.05, 3.63) is 42.5 Å². The molecule has 2 fully saturated rings. The first-order chi connectivity index (χ1) is 16.0. The van der Waals surface area contributed by atoms with Gasteiger partial charge in [-0.2, -0.15) is 4.39 Å². The average Bonchev–Trinajstić information content (AvgIpc) is 2.83. The summed E-state index contributed by atoms with van der Waals surface area (Å²) in [7, 11) is 2.06. The predicted molar refractivity (Wildman–Crippen MR) is 128 cm³/mol. The van der Waals surface area contributed by atoms with Crippen LogP contribution in [0.1, 0.15) is 32.1 Å². The van der Waals surface area contributed by atoms with Crippen LogP contribution >= 0.6 is 11.8 Å². The number of aromatic hydroxyl groups is 1. The maximum Gasteiger partial charge on any atom is 0.214 e. The second-order valence-electron chi connectivity index (χ2n) is 8.82. The molecule has 2 N–H and O–H groups in total. The normalized spacial score (nSPS) is 22.2. The molecule has 4 heterocycles. The van der Waals surface area contributed by atoms with Gasteiger partial charge in [-0.1, -0.05) is 12.5 Å². The highest BCUT2D eigenvalue weighted by molar-refractivity contribution is 7.98. The highest BCUT2D eigenvalue weighted by Crippen LogP contribution is 2.33. The van der Waals surface area contributed by atoms with E-state index < -0.39 is 5.95 Å². The number of rotatable bonds is 5. The van der Waals surface area contributed by atoms with Gasteiger partial charge in [-0.05, 0) is 61.3 Å². The lowest BCUT2D eigenvalue weighted by molar-refractivity contribution is 0.219. The fourth-order valence-electron chi connectivity index (χ4n) is 4.94. The molecule has 3 atom stereocenters. The molecular formula is C24H27FN6OS. The molecule has 0 spiro atoms. The van der Waals surface area contributed by atoms with Gasteiger partial charge in [0, 0.05) is 31.2 Å². The summed E-state index contributed by atoms with van der Waals surface area (Å²) in [4.78, 5) is 10.5. The zero-order chi connectivity index (χ0) is 22.9. The Labute approximate surface area is 196 Å². The van der Waals surface area contributed by atoms with Crippen LogP contribution in [0.4, 0.5) is 10.2 Å². The number of halogens is 1. The first kappa shape index (κ1) is 22.0. The van der Waals surface area contributed by atoms with E-state index in [2.05, 4.69) is 37.4 Å². The molecule has 1 aromatic carbocycles. The SMILES string of the molecule is CSc1cc(-c2ccc(-c3ncc(N(C)C4C[C@H]5CCC[C@@H](C4)N5)nn3)c(O)c2)cc(F)n1. The van der Waals surface area contributed by atoms with E-state index in [9.17, 15) is 9.50 Å². The number of pyridine rings is 1. The van der Waals surface area contributed by atoms with Crippen LogP contribution in [0.3, 0.4) is 0 Å². The zero-order valence-corrected chi connectivity index (χ0v) is 19.5. The molecule has 2 aliphatic heterocycles. The minimum Gasteiger partial charge on any atom is -0.507 e. The molecule has 5 rings (SSSR count). The van der Waals surface area contributed by atoms with Crippen molar-refractivity contribution in [2.45, 2.75) is 55.3 Å². The Morgan fingerprint density at radius 3 is 2.55 bits per heavy atom. The molecule has 7 nitrogen and oxygen atoms in total. The Bertz CT molecular complexity index is 1130. The topological polar surface area (TPSA) is 87.1 Å². The van der Waals surface area contributed by atoms with Crippen LogP contribution in [-0.2, 0) is 0 Å². The van der Waals surface area contributed by atoms with Gasteiger partial charge in [0.1, 0.15) is 5.75 Å². The van der Waals surface area contributed by atoms with Crippen molar-refractivity contribution in [1.82, 2.24) is 25.5 Å². The summed E-state index contributed by atoms with van der Waals surface area (Å²) >= 11 is 1.37. The first-order valence-electron chi connectivity index (χ1n) is 11.2. The third-order valence-corrected chi connectivity index (χ3v) is 7.33. The summed E-state index contributed by atoms with van der Waals surface area (Å²) in [6.07, 6.45) is 9.56. The molecule has 172 valence electrons. The lowest BCUT2D eigenvalue weighted by Gasteiger charge is -2.43. The van der Waals surface area contributed by atoms with E-state index in [1.165, 1.54) is 37.1 Å². The number of thioether (sulfide) groups is 1. The van der Waals surface area contributed by atoms with Crippen LogP contribution in [0.15, 0.2) is 41.6 Å². The second-order valence-corrected chi connectivity index (χ2v) is 9.65. The van der Waals surface area contributed by atoms with Crippen molar-refractivity contribution in [3.63, 3.8) is 0 Å². The highest BCUT2D eigenvalue weighted by Gasteiger charge is 2.33. The Morgan fingerprint density at radius 1 is 1.09 bits per heavy atom. The second kappa shape index (κ2) is 9.23. The average molecular weight is 467 g/mol. The minimum atomic E-state index is -0.551. The van der Waals surface area contributed by atoms with Gasteiger partial charge in [0.15, 0.2) is 11.6 Å². The number of aromatic nitrogens is 4. The summed E-state index contributed by atoms with van der Waals surface area (Å²) in [5, 5.41) is 23.6. The van der Waals surface area contributed by atoms with Crippen LogP contribution in [0.2, 0.25) is 0 Å². The van der Waals surface area contributed by atoms with Crippen LogP contribution in [0.5, 0.6) is 5.75 Å². The van der Waals surface area contributed by atoms with Crippen LogP contribution in [0, 0.1) is 5.95 Å². The van der Waals surface area contributed by atoms with Gasteiger partial charge in [-0.25, -0.2) is 9.97 Å². The Hall–Kier alpha value is -2.78. The lowest BCUT2D eigenvalue weighted by Crippen LogP contribution is -2.54. The van der Waals surface area contributed by atoms with Crippen molar-refractivity contribution < 1.29 is 9.50 Å². The van der Waals surface area contributed by atoms with E-state index in [-0.39, 0.29) is 5.75 Å². The third kappa shape index (κ3) is 4.65. The predicted octanol–water partition coefficient (Wildman–Crippen LogP) is 4.28. The molecule has 33 heavy (non-hydrogen) atoms. The first-order valence-corrected chi connectivity index (χ1v) is 12.5. The van der Waals surface area contributed by atoms with Crippen molar-refractivity contribution in [2.75, 3.05) is 18.2 Å². The molecule has 2 aromatic heterocycles. The Kier molecular flexibility index (Phi) is 6.16. The largest absolute Gasteiger partial charge is 0.507 e. The van der Waals surface area contributed by atoms with Crippen molar-refractivity contribution >= 4 is 17.6 Å². The molecule has 2 aliphatic rings. The quantitative estimate of drug-likeness (QED) is 0.426. The van der Waals surface area contributed by atoms with E-state index in [0.717, 1.165) is 18.7 Å². The van der Waals surface area contributed by atoms with Crippen LogP contribution in [-0.4, -0.2) is 56.7 Å². The number of nitrogens with one attached hydrogen (secondary N) is 1. The van der Waals surface area contributed by atoms with Crippen LogP contribution < -0.4 is 10.2 Å². The molecule has 0 saturated carbocycles.